The van der Waals surface area contributed by atoms with E-state index in [0.29, 0.717) is 11.2 Å². The van der Waals surface area contributed by atoms with E-state index in [9.17, 15) is 5.21 Å². The molecule has 0 spiro atoms. The van der Waals surface area contributed by atoms with Crippen LogP contribution >= 0.6 is 11.6 Å². The number of ether oxygens (including phenoxy) is 4. The molecule has 244 valence electrons. The number of benzene rings is 3. The molecule has 4 heterocycles. The maximum Gasteiger partial charge on any atom is 0.253 e. The minimum atomic E-state index is -0.940. The van der Waals surface area contributed by atoms with Crippen LogP contribution in [-0.2, 0) is 24.5 Å². The van der Waals surface area contributed by atoms with Crippen molar-refractivity contribution in [2.75, 3.05) is 11.7 Å². The zero-order valence-corrected chi connectivity index (χ0v) is 27.7. The number of anilines is 1. The summed E-state index contributed by atoms with van der Waals surface area (Å²) < 4.78 is 28.6. The first-order valence-electron chi connectivity index (χ1n) is 15.7. The van der Waals surface area contributed by atoms with Crippen LogP contribution in [-0.4, -0.2) is 61.0 Å². The van der Waals surface area contributed by atoms with Crippen molar-refractivity contribution in [1.29, 1.82) is 0 Å². The Morgan fingerprint density at radius 1 is 0.851 bits per heavy atom. The highest BCUT2D eigenvalue weighted by Crippen LogP contribution is 2.46. The summed E-state index contributed by atoms with van der Waals surface area (Å²) in [6, 6.07) is 30.6. The lowest BCUT2D eigenvalue weighted by atomic mass is 9.80. The Hall–Kier alpha value is -3.90. The summed E-state index contributed by atoms with van der Waals surface area (Å²) in [5.41, 5.74) is 2.12. The van der Waals surface area contributed by atoms with Crippen LogP contribution in [0.3, 0.4) is 0 Å². The second-order valence-corrected chi connectivity index (χ2v) is 13.7. The lowest BCUT2D eigenvalue weighted by Crippen LogP contribution is -2.40. The van der Waals surface area contributed by atoms with Gasteiger partial charge in [0.15, 0.2) is 22.8 Å². The normalized spacial score (nSPS) is 22.4. The monoisotopic (exact) mass is 655 g/mol. The lowest BCUT2D eigenvalue weighted by molar-refractivity contribution is -0.204. The molecule has 47 heavy (non-hydrogen) atoms. The molecule has 0 bridgehead atoms. The van der Waals surface area contributed by atoms with E-state index < -0.39 is 41.5 Å². The van der Waals surface area contributed by atoms with Crippen molar-refractivity contribution < 1.29 is 24.2 Å². The first kappa shape index (κ1) is 31.7. The highest BCUT2D eigenvalue weighted by atomic mass is 35.5. The van der Waals surface area contributed by atoms with Gasteiger partial charge in [0, 0.05) is 0 Å². The average molecular weight is 656 g/mol. The summed E-state index contributed by atoms with van der Waals surface area (Å²) in [6.45, 7) is 9.47. The highest BCUT2D eigenvalue weighted by Gasteiger charge is 2.57. The fraction of sp³-hybridized carbons (Fsp3) is 0.361. The molecule has 0 saturated carbocycles. The van der Waals surface area contributed by atoms with Crippen molar-refractivity contribution >= 4 is 28.7 Å². The van der Waals surface area contributed by atoms with Gasteiger partial charge in [-0.15, -0.1) is 0 Å². The summed E-state index contributed by atoms with van der Waals surface area (Å²) >= 11 is 6.55. The van der Waals surface area contributed by atoms with Gasteiger partial charge >= 0.3 is 0 Å². The number of halogens is 1. The number of hydrogen-bond donors (Lipinski definition) is 1. The van der Waals surface area contributed by atoms with E-state index in [2.05, 4.69) is 51.4 Å². The molecule has 2 aliphatic heterocycles. The van der Waals surface area contributed by atoms with Crippen molar-refractivity contribution in [3.8, 4) is 0 Å². The van der Waals surface area contributed by atoms with E-state index in [1.54, 1.807) is 10.9 Å². The molecule has 0 radical (unpaired) electrons. The lowest BCUT2D eigenvalue weighted by Gasteiger charge is -2.37. The fourth-order valence-corrected chi connectivity index (χ4v) is 6.65. The molecule has 10 nitrogen and oxygen atoms in total. The van der Waals surface area contributed by atoms with Gasteiger partial charge in [-0.05, 0) is 51.3 Å². The molecule has 5 aromatic rings. The van der Waals surface area contributed by atoms with Gasteiger partial charge in [0.1, 0.15) is 29.4 Å². The van der Waals surface area contributed by atoms with Crippen molar-refractivity contribution in [3.63, 3.8) is 0 Å². The number of rotatable bonds is 8. The average Bonchev–Trinajstić information content (AvgIpc) is 3.73. The topological polar surface area (TPSA) is 104 Å². The summed E-state index contributed by atoms with van der Waals surface area (Å²) in [5, 5.41) is 12.0. The summed E-state index contributed by atoms with van der Waals surface area (Å²) in [6.07, 6.45) is -0.579. The van der Waals surface area contributed by atoms with Gasteiger partial charge in [-0.1, -0.05) is 103 Å². The zero-order valence-electron chi connectivity index (χ0n) is 26.9. The SMILES string of the molecule is CC1(C)O[C@@H]2[C@H](O1)[C@@H](COC(c1ccccc1)(c1ccccc1)c1ccccc1)O[C@H]2n1cnc2c(Cl)nc(N(O)C(C)(C)C)nc21. The Kier molecular flexibility index (Phi) is 8.07. The Morgan fingerprint density at radius 3 is 1.91 bits per heavy atom. The molecule has 2 aromatic heterocycles. The van der Waals surface area contributed by atoms with Gasteiger partial charge < -0.3 is 18.9 Å². The van der Waals surface area contributed by atoms with Crippen LogP contribution in [0.5, 0.6) is 0 Å². The van der Waals surface area contributed by atoms with Crippen LogP contribution < -0.4 is 5.06 Å². The van der Waals surface area contributed by atoms with Crippen molar-refractivity contribution in [2.45, 2.75) is 76.1 Å². The van der Waals surface area contributed by atoms with Crippen LogP contribution in [0.15, 0.2) is 97.3 Å². The molecule has 2 saturated heterocycles. The number of hydrogen-bond acceptors (Lipinski definition) is 9. The summed E-state index contributed by atoms with van der Waals surface area (Å²) in [7, 11) is 0. The van der Waals surface area contributed by atoms with Gasteiger partial charge in [0.2, 0.25) is 0 Å². The molecule has 0 unspecified atom stereocenters. The number of fused-ring (bicyclic) bond motifs is 2. The van der Waals surface area contributed by atoms with Crippen LogP contribution in [0.1, 0.15) is 57.5 Å². The summed E-state index contributed by atoms with van der Waals surface area (Å²) in [5.74, 6) is -0.818. The molecule has 11 heteroatoms. The van der Waals surface area contributed by atoms with Gasteiger partial charge in [-0.2, -0.15) is 9.97 Å². The third-order valence-electron chi connectivity index (χ3n) is 8.60. The largest absolute Gasteiger partial charge is 0.358 e. The Bertz CT molecular complexity index is 1750. The molecule has 0 aliphatic carbocycles. The molecule has 4 atom stereocenters. The maximum atomic E-state index is 10.9. The zero-order chi connectivity index (χ0) is 33.0. The van der Waals surface area contributed by atoms with E-state index >= 15 is 0 Å². The number of hydroxylamine groups is 1. The van der Waals surface area contributed by atoms with E-state index in [4.69, 9.17) is 30.5 Å². The van der Waals surface area contributed by atoms with Crippen LogP contribution in [0.4, 0.5) is 5.95 Å². The first-order chi connectivity index (χ1) is 22.5. The number of imidazole rings is 1. The van der Waals surface area contributed by atoms with Gasteiger partial charge in [-0.3, -0.25) is 9.77 Å². The smallest absolute Gasteiger partial charge is 0.253 e. The van der Waals surface area contributed by atoms with Gasteiger partial charge in [0.05, 0.1) is 18.5 Å². The first-order valence-corrected chi connectivity index (χ1v) is 16.1. The molecule has 3 aromatic carbocycles. The van der Waals surface area contributed by atoms with E-state index in [1.165, 1.54) is 0 Å². The Labute approximate surface area is 278 Å². The minimum absolute atomic E-state index is 0.0495. The Balaban J connectivity index is 1.28. The second kappa shape index (κ2) is 12.0. The fourth-order valence-electron chi connectivity index (χ4n) is 6.45. The van der Waals surface area contributed by atoms with Crippen molar-refractivity contribution in [2.24, 2.45) is 0 Å². The summed E-state index contributed by atoms with van der Waals surface area (Å²) in [4.78, 5) is 13.5. The molecule has 2 aliphatic rings. The third kappa shape index (κ3) is 5.69. The quantitative estimate of drug-likeness (QED) is 0.109. The van der Waals surface area contributed by atoms with Gasteiger partial charge in [-0.25, -0.2) is 10.0 Å². The van der Waals surface area contributed by atoms with E-state index in [0.717, 1.165) is 21.8 Å². The van der Waals surface area contributed by atoms with E-state index in [1.807, 2.05) is 89.2 Å². The van der Waals surface area contributed by atoms with Crippen LogP contribution in [0, 0.1) is 0 Å². The van der Waals surface area contributed by atoms with E-state index in [-0.39, 0.29) is 17.7 Å². The molecular weight excluding hydrogens is 618 g/mol. The third-order valence-corrected chi connectivity index (χ3v) is 8.86. The number of nitrogens with zero attached hydrogens (tertiary/aromatic N) is 5. The molecule has 1 N–H and O–H groups in total. The Morgan fingerprint density at radius 2 is 1.38 bits per heavy atom. The van der Waals surface area contributed by atoms with Crippen LogP contribution in [0.25, 0.3) is 11.2 Å². The van der Waals surface area contributed by atoms with Crippen molar-refractivity contribution in [1.82, 2.24) is 19.5 Å². The standard InChI is InChI=1S/C36H38ClN5O5/c1-34(2,3)42(43)33-39-30(37)27-31(40-33)41(22-38-27)32-29-28(46-35(4,5)47-29)26(45-32)21-44-36(23-15-9-6-10-16-23,24-17-11-7-12-18-24)25-19-13-8-14-20-25/h6-20,22,26,28-29,32,43H,21H2,1-5H3/t26-,28-,29-,32-/m1/s1. The van der Waals surface area contributed by atoms with Gasteiger partial charge in [0.25, 0.3) is 5.95 Å². The minimum Gasteiger partial charge on any atom is -0.358 e. The maximum absolute atomic E-state index is 10.9. The molecule has 7 rings (SSSR count). The number of aromatic nitrogens is 4. The second-order valence-electron chi connectivity index (χ2n) is 13.3. The predicted octanol–water partition coefficient (Wildman–Crippen LogP) is 6.90. The highest BCUT2D eigenvalue weighted by molar-refractivity contribution is 6.33. The van der Waals surface area contributed by atoms with Crippen molar-refractivity contribution in [3.05, 3.63) is 119 Å². The molecular formula is C36H38ClN5O5. The van der Waals surface area contributed by atoms with Crippen LogP contribution in [0.2, 0.25) is 5.15 Å². The molecule has 2 fully saturated rings. The predicted molar refractivity (Wildman–Crippen MR) is 177 cm³/mol. The molecule has 0 amide bonds.